The van der Waals surface area contributed by atoms with Gasteiger partial charge in [0, 0.05) is 81.9 Å². The first-order valence-corrected chi connectivity index (χ1v) is 36.9. The molecule has 2 N–H and O–H groups in total. The number of nitrogens with one attached hydrogen (secondary N) is 2. The number of carbonyl (C=O) groups is 6. The highest BCUT2D eigenvalue weighted by Crippen LogP contribution is 2.33. The third kappa shape index (κ3) is 15.6. The van der Waals surface area contributed by atoms with E-state index in [-0.39, 0.29) is 150 Å². The van der Waals surface area contributed by atoms with Gasteiger partial charge in [-0.25, -0.2) is 19.4 Å². The van der Waals surface area contributed by atoms with Crippen molar-refractivity contribution in [3.05, 3.63) is 256 Å². The molecular formula is C79H82N12O20. The molecule has 1 unspecified atom stereocenters. The summed E-state index contributed by atoms with van der Waals surface area (Å²) in [7, 11) is 0. The van der Waals surface area contributed by atoms with Gasteiger partial charge in [-0.1, -0.05) is 121 Å². The minimum absolute atomic E-state index is 0.0490. The Balaban J connectivity index is 0.000000118. The van der Waals surface area contributed by atoms with Crippen LogP contribution in [-0.2, 0) is 64.4 Å². The van der Waals surface area contributed by atoms with Crippen molar-refractivity contribution in [3.8, 4) is 23.0 Å². The van der Waals surface area contributed by atoms with E-state index in [0.29, 0.717) is 85.3 Å². The summed E-state index contributed by atoms with van der Waals surface area (Å²) in [6.45, 7) is 7.70. The van der Waals surface area contributed by atoms with Gasteiger partial charge >= 0.3 is 0 Å². The van der Waals surface area contributed by atoms with Crippen molar-refractivity contribution in [1.29, 1.82) is 0 Å². The van der Waals surface area contributed by atoms with Gasteiger partial charge in [0.05, 0.1) is 58.9 Å². The summed E-state index contributed by atoms with van der Waals surface area (Å²) >= 11 is 0. The Hall–Kier alpha value is -11.9. The van der Waals surface area contributed by atoms with Gasteiger partial charge in [0.1, 0.15) is 51.0 Å². The van der Waals surface area contributed by atoms with E-state index < -0.39 is 35.4 Å². The van der Waals surface area contributed by atoms with Crippen molar-refractivity contribution in [2.45, 2.75) is 102 Å². The van der Waals surface area contributed by atoms with E-state index in [2.05, 4.69) is 10.9 Å². The normalized spacial score (nSPS) is 21.8. The molecule has 7 atom stereocenters. The molecule has 6 saturated heterocycles. The topological polar surface area (TPSA) is 326 Å². The third-order valence-corrected chi connectivity index (χ3v) is 20.2. The van der Waals surface area contributed by atoms with Crippen LogP contribution in [0.4, 0.5) is 0 Å². The molecular weight excluding hydrogens is 1440 g/mol. The minimum atomic E-state index is -0.602. The maximum atomic E-state index is 13.4. The summed E-state index contributed by atoms with van der Waals surface area (Å²) in [5, 5.41) is 2.95. The van der Waals surface area contributed by atoms with Crippen LogP contribution < -0.4 is 61.5 Å². The van der Waals surface area contributed by atoms with Crippen molar-refractivity contribution < 1.29 is 76.1 Å². The zero-order chi connectivity index (χ0) is 76.7. The van der Waals surface area contributed by atoms with Gasteiger partial charge in [0.25, 0.3) is 35.4 Å². The zero-order valence-corrected chi connectivity index (χ0v) is 60.7. The molecule has 32 heteroatoms. The maximum absolute atomic E-state index is 13.4. The number of aromatic nitrogens is 4. The van der Waals surface area contributed by atoms with Gasteiger partial charge < -0.3 is 77.8 Å². The van der Waals surface area contributed by atoms with Crippen molar-refractivity contribution in [3.63, 3.8) is 0 Å². The molecule has 0 spiro atoms. The summed E-state index contributed by atoms with van der Waals surface area (Å²) in [5.41, 5.74) is 9.09. The zero-order valence-electron chi connectivity index (χ0n) is 60.7. The Labute approximate surface area is 635 Å². The molecule has 0 bridgehead atoms. The Kier molecular flexibility index (Phi) is 22.5. The maximum Gasteiger partial charge on any atom is 0.278 e. The van der Waals surface area contributed by atoms with Gasteiger partial charge in [0.15, 0.2) is 58.1 Å². The number of carbonyl (C=O) groups excluding carboxylic acids is 6. The molecule has 4 aromatic heterocycles. The van der Waals surface area contributed by atoms with Crippen LogP contribution in [0.1, 0.15) is 96.8 Å². The van der Waals surface area contributed by atoms with Gasteiger partial charge in [-0.15, -0.1) is 0 Å². The van der Waals surface area contributed by atoms with Gasteiger partial charge in [-0.3, -0.25) is 57.3 Å². The number of hydrogen-bond acceptors (Lipinski definition) is 22. The van der Waals surface area contributed by atoms with E-state index in [9.17, 15) is 47.9 Å². The highest BCUT2D eigenvalue weighted by molar-refractivity contribution is 6.02. The lowest BCUT2D eigenvalue weighted by atomic mass is 10.1. The lowest BCUT2D eigenvalue weighted by molar-refractivity contribution is -0.133. The molecule has 6 fully saturated rings. The number of ether oxygens (including phenoxy) is 10. The Bertz CT molecular complexity index is 4830. The molecule has 578 valence electrons. The smallest absolute Gasteiger partial charge is 0.278 e. The van der Waals surface area contributed by atoms with Crippen molar-refractivity contribution in [1.82, 2.24) is 38.3 Å². The number of amides is 6. The first-order chi connectivity index (χ1) is 54.2. The Morgan fingerprint density at radius 1 is 0.387 bits per heavy atom. The van der Waals surface area contributed by atoms with E-state index in [0.717, 1.165) is 35.1 Å². The molecule has 32 nitrogen and oxygen atoms in total. The molecule has 0 saturated carbocycles. The van der Waals surface area contributed by atoms with Crippen LogP contribution in [0.25, 0.3) is 0 Å². The molecule has 0 aliphatic carbocycles. The SMILES string of the molecule is C[C@H]1COCC2Nn3ccc(=O)c(OCc4ccccc4)c3C(=O)N21.O=C1c2c(OCc3ccccc3)c(=O)ccn2N(C(=O)[C@H]2CCCO2)[C@@H]2COCCN12.O=C1c2c(OCc3ccccc3)c(=O)ccn2N(C(=O)[C@H]2CCCO2)[C@H]2COCCN12.O=C1c2c(OCc3ccccc3)c(=O)ccn2N[C@@H]2COCCN12. The second kappa shape index (κ2) is 33.5. The summed E-state index contributed by atoms with van der Waals surface area (Å²) in [5.74, 6) is -1.66. The van der Waals surface area contributed by atoms with Gasteiger partial charge in [-0.05, 0) is 54.9 Å². The summed E-state index contributed by atoms with van der Waals surface area (Å²) < 4.78 is 62.4. The van der Waals surface area contributed by atoms with Gasteiger partial charge in [0.2, 0.25) is 21.7 Å². The highest BCUT2D eigenvalue weighted by Gasteiger charge is 2.49. The number of pyridine rings is 4. The van der Waals surface area contributed by atoms with Crippen LogP contribution in [0.3, 0.4) is 0 Å². The minimum Gasteiger partial charge on any atom is -0.482 e. The van der Waals surface area contributed by atoms with Crippen molar-refractivity contribution >= 4 is 35.4 Å². The quantitative estimate of drug-likeness (QED) is 0.157. The number of benzene rings is 4. The molecule has 18 rings (SSSR count). The van der Waals surface area contributed by atoms with E-state index >= 15 is 0 Å². The van der Waals surface area contributed by atoms with Crippen LogP contribution in [0.2, 0.25) is 0 Å². The Morgan fingerprint density at radius 3 is 1.14 bits per heavy atom. The fourth-order valence-electron chi connectivity index (χ4n) is 14.7. The fourth-order valence-corrected chi connectivity index (χ4v) is 14.7. The van der Waals surface area contributed by atoms with Gasteiger partial charge in [-0.2, -0.15) is 0 Å². The first-order valence-electron chi connectivity index (χ1n) is 36.9. The molecule has 111 heavy (non-hydrogen) atoms. The lowest BCUT2D eigenvalue weighted by Gasteiger charge is -2.47. The highest BCUT2D eigenvalue weighted by atomic mass is 16.5. The summed E-state index contributed by atoms with van der Waals surface area (Å²) in [6.07, 6.45) is 5.98. The predicted molar refractivity (Wildman–Crippen MR) is 396 cm³/mol. The summed E-state index contributed by atoms with van der Waals surface area (Å²) in [4.78, 5) is 136. The van der Waals surface area contributed by atoms with Crippen molar-refractivity contribution in [2.24, 2.45) is 0 Å². The molecule has 10 aliphatic heterocycles. The van der Waals surface area contributed by atoms with Crippen LogP contribution in [0, 0.1) is 0 Å². The number of rotatable bonds is 14. The van der Waals surface area contributed by atoms with Crippen LogP contribution in [0.5, 0.6) is 23.0 Å². The molecule has 6 amide bonds. The van der Waals surface area contributed by atoms with Crippen LogP contribution in [0.15, 0.2) is 190 Å². The number of morpholine rings is 4. The number of nitrogens with zero attached hydrogens (tertiary/aromatic N) is 10. The average molecular weight is 1520 g/mol. The lowest BCUT2D eigenvalue weighted by Crippen LogP contribution is -2.68. The standard InChI is InChI=1S/2C22H23N3O6.C18H19N3O4.C17H17N3O4/c2*26-16-8-9-24-19(20(16)31-13-15-5-2-1-3-6-15)22(28)23-10-12-29-14-18(23)25(24)21(27)17-7-4-11-30-17;1-12-9-24-11-15-19-20-8-7-14(22)17(16(20)18(23)21(12)15)25-10-13-5-3-2-4-6-13;21-13-6-7-20-15(16(13)24-10-12-4-2-1-3-5-12)17(22)19-8-9-23-11-14(19)18-20/h2*1-3,5-6,8-9,17-18H,4,7,10-14H2;2-8,12,15,19H,9-11H2,1H3;1-7,14,18H,8-11H2/t17-,18+;17-,18-;12-,15?;14-/m1100/s1. The van der Waals surface area contributed by atoms with E-state index in [1.807, 2.05) is 128 Å². The van der Waals surface area contributed by atoms with Crippen LogP contribution >= 0.6 is 0 Å². The van der Waals surface area contributed by atoms with E-state index in [4.69, 9.17) is 47.4 Å². The van der Waals surface area contributed by atoms with Crippen LogP contribution in [-0.4, -0.2) is 202 Å². The number of fused-ring (bicyclic) bond motifs is 8. The molecule has 4 aromatic carbocycles. The Morgan fingerprint density at radius 2 is 0.739 bits per heavy atom. The summed E-state index contributed by atoms with van der Waals surface area (Å²) in [6, 6.07) is 43.2. The predicted octanol–water partition coefficient (Wildman–Crippen LogP) is 3.72. The van der Waals surface area contributed by atoms with E-state index in [1.54, 1.807) is 41.3 Å². The average Bonchev–Trinajstić information content (AvgIpc) is 1.38. The van der Waals surface area contributed by atoms with Crippen molar-refractivity contribution in [2.75, 3.05) is 107 Å². The second-order valence-electron chi connectivity index (χ2n) is 27.4. The second-order valence-corrected chi connectivity index (χ2v) is 27.4. The van der Waals surface area contributed by atoms with E-state index in [1.165, 1.54) is 56.0 Å². The number of hydrogen-bond donors (Lipinski definition) is 2. The monoisotopic (exact) mass is 1520 g/mol. The molecule has 8 aromatic rings. The first kappa shape index (κ1) is 74.5. The fraction of sp³-hybridized carbons (Fsp3) is 0.367. The molecule has 14 heterocycles. The molecule has 0 radical (unpaired) electrons. The largest absolute Gasteiger partial charge is 0.482 e. The molecule has 10 aliphatic rings. The third-order valence-electron chi connectivity index (χ3n) is 20.2.